The van der Waals surface area contributed by atoms with Crippen LogP contribution in [0.25, 0.3) is 0 Å². The number of aryl methyl sites for hydroxylation is 1. The summed E-state index contributed by atoms with van der Waals surface area (Å²) in [6.45, 7) is 6.15. The Labute approximate surface area is 149 Å². The van der Waals surface area contributed by atoms with Crippen molar-refractivity contribution in [3.63, 3.8) is 0 Å². The number of aromatic nitrogens is 1. The van der Waals surface area contributed by atoms with Crippen molar-refractivity contribution in [2.45, 2.75) is 32.7 Å². The Morgan fingerprint density at radius 3 is 2.52 bits per heavy atom. The molecule has 2 aromatic rings. The number of carbonyl (C=O) groups excluding carboxylic acids is 1. The molecule has 2 heterocycles. The number of hydrogen-bond acceptors (Lipinski definition) is 3. The fourth-order valence-electron chi connectivity index (χ4n) is 3.48. The Kier molecular flexibility index (Phi) is 5.82. The van der Waals surface area contributed by atoms with Crippen molar-refractivity contribution in [1.29, 1.82) is 0 Å². The molecule has 0 N–H and O–H groups in total. The highest BCUT2D eigenvalue weighted by Gasteiger charge is 2.31. The lowest BCUT2D eigenvalue weighted by molar-refractivity contribution is -0.140. The average molecular weight is 338 g/mol. The van der Waals surface area contributed by atoms with Gasteiger partial charge in [0.25, 0.3) is 0 Å². The van der Waals surface area contributed by atoms with Crippen molar-refractivity contribution in [2.24, 2.45) is 5.92 Å². The monoisotopic (exact) mass is 338 g/mol. The second kappa shape index (κ2) is 8.26. The Bertz CT molecular complexity index is 679. The van der Waals surface area contributed by atoms with Gasteiger partial charge in [-0.2, -0.15) is 0 Å². The van der Waals surface area contributed by atoms with E-state index in [1.807, 2.05) is 17.2 Å². The van der Waals surface area contributed by atoms with Crippen LogP contribution in [0.3, 0.4) is 0 Å². The molecule has 1 amide bonds. The van der Waals surface area contributed by atoms with Crippen LogP contribution in [0.1, 0.15) is 42.5 Å². The number of ether oxygens (including phenoxy) is 1. The first-order valence-electron chi connectivity index (χ1n) is 9.05. The topological polar surface area (TPSA) is 42.4 Å². The molecule has 132 valence electrons. The predicted molar refractivity (Wildman–Crippen MR) is 98.2 cm³/mol. The molecule has 1 aromatic carbocycles. The maximum Gasteiger partial charge on any atom is 0.226 e. The van der Waals surface area contributed by atoms with Crippen molar-refractivity contribution >= 4 is 5.91 Å². The normalized spacial score (nSPS) is 16.4. The van der Waals surface area contributed by atoms with Gasteiger partial charge in [-0.05, 0) is 43.9 Å². The molecule has 25 heavy (non-hydrogen) atoms. The number of carbonyl (C=O) groups is 1. The van der Waals surface area contributed by atoms with Crippen LogP contribution in [0.15, 0.2) is 48.8 Å². The number of benzene rings is 1. The molecule has 4 nitrogen and oxygen atoms in total. The third-order valence-corrected chi connectivity index (χ3v) is 4.90. The Hall–Kier alpha value is -2.20. The molecular weight excluding hydrogens is 312 g/mol. The quantitative estimate of drug-likeness (QED) is 0.834. The van der Waals surface area contributed by atoms with Gasteiger partial charge in [-0.3, -0.25) is 9.78 Å². The minimum atomic E-state index is -0.102. The van der Waals surface area contributed by atoms with Gasteiger partial charge in [0.05, 0.1) is 6.04 Å². The summed E-state index contributed by atoms with van der Waals surface area (Å²) in [6.07, 6.45) is 5.25. The fourth-order valence-corrected chi connectivity index (χ4v) is 3.48. The Morgan fingerprint density at radius 2 is 1.92 bits per heavy atom. The summed E-state index contributed by atoms with van der Waals surface area (Å²) < 4.78 is 5.43. The van der Waals surface area contributed by atoms with Crippen molar-refractivity contribution in [3.8, 4) is 0 Å². The smallest absolute Gasteiger partial charge is 0.226 e. The zero-order valence-electron chi connectivity index (χ0n) is 15.0. The molecule has 0 aliphatic carbocycles. The summed E-state index contributed by atoms with van der Waals surface area (Å²) in [7, 11) is 0. The van der Waals surface area contributed by atoms with Crippen molar-refractivity contribution in [2.75, 3.05) is 19.8 Å². The molecule has 1 unspecified atom stereocenters. The van der Waals surface area contributed by atoms with Crippen LogP contribution in [0.5, 0.6) is 0 Å². The van der Waals surface area contributed by atoms with E-state index in [4.69, 9.17) is 4.74 Å². The first kappa shape index (κ1) is 17.6. The van der Waals surface area contributed by atoms with E-state index in [1.165, 1.54) is 5.56 Å². The van der Waals surface area contributed by atoms with Gasteiger partial charge in [-0.15, -0.1) is 0 Å². The largest absolute Gasteiger partial charge is 0.381 e. The minimum absolute atomic E-state index is 0.0540. The first-order valence-corrected chi connectivity index (χ1v) is 9.05. The molecule has 0 radical (unpaired) electrons. The second-order valence-electron chi connectivity index (χ2n) is 6.61. The van der Waals surface area contributed by atoms with Gasteiger partial charge in [-0.25, -0.2) is 0 Å². The number of hydrogen-bond donors (Lipinski definition) is 0. The molecule has 1 saturated heterocycles. The van der Waals surface area contributed by atoms with Crippen LogP contribution in [0, 0.1) is 12.8 Å². The summed E-state index contributed by atoms with van der Waals surface area (Å²) in [4.78, 5) is 19.5. The molecule has 1 aromatic heterocycles. The third kappa shape index (κ3) is 4.07. The van der Waals surface area contributed by atoms with Crippen LogP contribution in [-0.4, -0.2) is 35.5 Å². The van der Waals surface area contributed by atoms with E-state index in [0.29, 0.717) is 19.8 Å². The van der Waals surface area contributed by atoms with Crippen molar-refractivity contribution in [3.05, 3.63) is 65.5 Å². The average Bonchev–Trinajstić information content (AvgIpc) is 2.68. The molecule has 1 aliphatic rings. The summed E-state index contributed by atoms with van der Waals surface area (Å²) in [5.41, 5.74) is 3.39. The number of amides is 1. The van der Waals surface area contributed by atoms with Gasteiger partial charge in [0.2, 0.25) is 5.91 Å². The molecule has 0 saturated carbocycles. The van der Waals surface area contributed by atoms with Crippen molar-refractivity contribution in [1.82, 2.24) is 9.88 Å². The Morgan fingerprint density at radius 1 is 1.20 bits per heavy atom. The standard InChI is InChI=1S/C21H26N2O2/c1-3-23(21(24)18-10-13-25-14-11-18)20(19-5-4-12-22-15-19)17-8-6-16(2)7-9-17/h4-9,12,15,18,20H,3,10-11,13-14H2,1-2H3. The minimum Gasteiger partial charge on any atom is -0.381 e. The predicted octanol–water partition coefficient (Wildman–Crippen LogP) is 3.75. The van der Waals surface area contributed by atoms with Gasteiger partial charge in [0.1, 0.15) is 0 Å². The van der Waals surface area contributed by atoms with E-state index in [9.17, 15) is 4.79 Å². The summed E-state index contributed by atoms with van der Waals surface area (Å²) >= 11 is 0. The van der Waals surface area contributed by atoms with E-state index in [-0.39, 0.29) is 17.9 Å². The molecule has 1 fully saturated rings. The van der Waals surface area contributed by atoms with E-state index >= 15 is 0 Å². The maximum absolute atomic E-state index is 13.2. The molecule has 4 heteroatoms. The Balaban J connectivity index is 1.96. The summed E-state index contributed by atoms with van der Waals surface area (Å²) in [5.74, 6) is 0.276. The van der Waals surface area contributed by atoms with Gasteiger partial charge in [-0.1, -0.05) is 35.9 Å². The zero-order chi connectivity index (χ0) is 17.6. The first-order chi connectivity index (χ1) is 12.2. The van der Waals surface area contributed by atoms with Crippen LogP contribution in [0.2, 0.25) is 0 Å². The molecule has 0 spiro atoms. The molecule has 1 atom stereocenters. The highest BCUT2D eigenvalue weighted by Crippen LogP contribution is 2.31. The molecule has 1 aliphatic heterocycles. The molecule has 3 rings (SSSR count). The molecule has 0 bridgehead atoms. The van der Waals surface area contributed by atoms with E-state index in [0.717, 1.165) is 24.0 Å². The highest BCUT2D eigenvalue weighted by atomic mass is 16.5. The van der Waals surface area contributed by atoms with Gasteiger partial charge in [0.15, 0.2) is 0 Å². The van der Waals surface area contributed by atoms with Gasteiger partial charge < -0.3 is 9.64 Å². The van der Waals surface area contributed by atoms with E-state index in [2.05, 4.69) is 49.2 Å². The van der Waals surface area contributed by atoms with Crippen LogP contribution >= 0.6 is 0 Å². The maximum atomic E-state index is 13.2. The van der Waals surface area contributed by atoms with Crippen molar-refractivity contribution < 1.29 is 9.53 Å². The highest BCUT2D eigenvalue weighted by molar-refractivity contribution is 5.80. The number of nitrogens with zero attached hydrogens (tertiary/aromatic N) is 2. The lowest BCUT2D eigenvalue weighted by Crippen LogP contribution is -2.41. The zero-order valence-corrected chi connectivity index (χ0v) is 15.0. The summed E-state index contributed by atoms with van der Waals surface area (Å²) in [5, 5.41) is 0. The number of rotatable bonds is 5. The third-order valence-electron chi connectivity index (χ3n) is 4.90. The number of pyridine rings is 1. The van der Waals surface area contributed by atoms with Gasteiger partial charge >= 0.3 is 0 Å². The lowest BCUT2D eigenvalue weighted by atomic mass is 9.93. The van der Waals surface area contributed by atoms with Crippen LogP contribution in [0.4, 0.5) is 0 Å². The van der Waals surface area contributed by atoms with Gasteiger partial charge in [0, 0.05) is 38.1 Å². The SMILES string of the molecule is CCN(C(=O)C1CCOCC1)C(c1ccc(C)cc1)c1cccnc1. The van der Waals surface area contributed by atoms with E-state index in [1.54, 1.807) is 6.20 Å². The molecular formula is C21H26N2O2. The summed E-state index contributed by atoms with van der Waals surface area (Å²) in [6, 6.07) is 12.3. The van der Waals surface area contributed by atoms with Crippen LogP contribution in [-0.2, 0) is 9.53 Å². The lowest BCUT2D eigenvalue weighted by Gasteiger charge is -2.35. The fraction of sp³-hybridized carbons (Fsp3) is 0.429. The van der Waals surface area contributed by atoms with E-state index < -0.39 is 0 Å². The second-order valence-corrected chi connectivity index (χ2v) is 6.61. The van der Waals surface area contributed by atoms with Crippen LogP contribution < -0.4 is 0 Å².